The Morgan fingerprint density at radius 3 is 2.40 bits per heavy atom. The Morgan fingerprint density at radius 2 is 1.84 bits per heavy atom. The summed E-state index contributed by atoms with van der Waals surface area (Å²) in [6.45, 7) is 3.85. The molecule has 1 atom stereocenters. The molecule has 6 heteroatoms. The number of methoxy groups -OCH3 is 1. The summed E-state index contributed by atoms with van der Waals surface area (Å²) in [5.74, 6) is 0.517. The lowest BCUT2D eigenvalue weighted by Gasteiger charge is -2.16. The van der Waals surface area contributed by atoms with Crippen molar-refractivity contribution in [3.8, 4) is 5.75 Å². The van der Waals surface area contributed by atoms with Crippen LogP contribution < -0.4 is 15.4 Å². The third kappa shape index (κ3) is 5.32. The van der Waals surface area contributed by atoms with Crippen LogP contribution in [-0.4, -0.2) is 18.9 Å². The van der Waals surface area contributed by atoms with Gasteiger partial charge >= 0.3 is 0 Å². The van der Waals surface area contributed by atoms with Gasteiger partial charge in [0.05, 0.1) is 17.6 Å². The first-order valence-corrected chi connectivity index (χ1v) is 8.67. The molecule has 2 amide bonds. The molecule has 0 aliphatic carbocycles. The monoisotopic (exact) mass is 404 g/mol. The predicted octanol–water partition coefficient (Wildman–Crippen LogP) is 3.58. The minimum absolute atomic E-state index is 0.0821. The van der Waals surface area contributed by atoms with E-state index in [1.807, 2.05) is 37.3 Å². The quantitative estimate of drug-likeness (QED) is 0.772. The molecule has 0 fully saturated rings. The number of carbonyl (C=O) groups is 2. The number of rotatable bonds is 6. The molecule has 2 rings (SSSR count). The normalized spacial score (nSPS) is 11.5. The Hall–Kier alpha value is -2.34. The summed E-state index contributed by atoms with van der Waals surface area (Å²) in [5, 5.41) is 5.70. The standard InChI is InChI=1S/C19H21BrN2O3/c1-12(16-8-9-18(25-3)17(20)10-16)22-19(24)15-6-4-14(5-7-15)11-21-13(2)23/h4-10,12H,11H2,1-3H3,(H,21,23)(H,22,24). The lowest BCUT2D eigenvalue weighted by Crippen LogP contribution is -2.26. The van der Waals surface area contributed by atoms with E-state index in [-0.39, 0.29) is 17.9 Å². The second-order valence-electron chi connectivity index (χ2n) is 5.70. The molecule has 0 aliphatic rings. The van der Waals surface area contributed by atoms with Crippen LogP contribution in [0.2, 0.25) is 0 Å². The van der Waals surface area contributed by atoms with Gasteiger partial charge in [0, 0.05) is 19.0 Å². The summed E-state index contributed by atoms with van der Waals surface area (Å²) in [7, 11) is 1.61. The second kappa shape index (κ2) is 8.67. The summed E-state index contributed by atoms with van der Waals surface area (Å²) in [5.41, 5.74) is 2.49. The maximum Gasteiger partial charge on any atom is 0.251 e. The smallest absolute Gasteiger partial charge is 0.251 e. The van der Waals surface area contributed by atoms with Gasteiger partial charge in [0.2, 0.25) is 5.91 Å². The van der Waals surface area contributed by atoms with Gasteiger partial charge in [-0.25, -0.2) is 0 Å². The Labute approximate surface area is 155 Å². The number of nitrogens with one attached hydrogen (secondary N) is 2. The molecule has 1 unspecified atom stereocenters. The fourth-order valence-electron chi connectivity index (χ4n) is 2.32. The van der Waals surface area contributed by atoms with Gasteiger partial charge in [0.15, 0.2) is 0 Å². The third-order valence-corrected chi connectivity index (χ3v) is 4.40. The van der Waals surface area contributed by atoms with Crippen LogP contribution in [-0.2, 0) is 11.3 Å². The fourth-order valence-corrected chi connectivity index (χ4v) is 2.87. The molecule has 132 valence electrons. The van der Waals surface area contributed by atoms with Gasteiger partial charge in [-0.2, -0.15) is 0 Å². The maximum atomic E-state index is 12.4. The molecule has 0 aliphatic heterocycles. The Kier molecular flexibility index (Phi) is 6.58. The zero-order valence-corrected chi connectivity index (χ0v) is 16.0. The molecule has 25 heavy (non-hydrogen) atoms. The summed E-state index contributed by atoms with van der Waals surface area (Å²) < 4.78 is 6.06. The first-order chi connectivity index (χ1) is 11.9. The highest BCUT2D eigenvalue weighted by Crippen LogP contribution is 2.28. The zero-order chi connectivity index (χ0) is 18.4. The van der Waals surface area contributed by atoms with Crippen molar-refractivity contribution in [2.24, 2.45) is 0 Å². The molecule has 2 N–H and O–H groups in total. The van der Waals surface area contributed by atoms with Crippen molar-refractivity contribution in [1.29, 1.82) is 0 Å². The highest BCUT2D eigenvalue weighted by Gasteiger charge is 2.13. The lowest BCUT2D eigenvalue weighted by molar-refractivity contribution is -0.119. The fraction of sp³-hybridized carbons (Fsp3) is 0.263. The van der Waals surface area contributed by atoms with E-state index in [1.54, 1.807) is 19.2 Å². The number of ether oxygens (including phenoxy) is 1. The minimum Gasteiger partial charge on any atom is -0.496 e. The van der Waals surface area contributed by atoms with Crippen LogP contribution in [0.1, 0.15) is 41.4 Å². The van der Waals surface area contributed by atoms with Gasteiger partial charge in [-0.1, -0.05) is 18.2 Å². The predicted molar refractivity (Wildman–Crippen MR) is 101 cm³/mol. The van der Waals surface area contributed by atoms with Gasteiger partial charge in [-0.05, 0) is 58.2 Å². The topological polar surface area (TPSA) is 67.4 Å². The van der Waals surface area contributed by atoms with E-state index >= 15 is 0 Å². The van der Waals surface area contributed by atoms with Crippen molar-refractivity contribution in [2.75, 3.05) is 7.11 Å². The van der Waals surface area contributed by atoms with Gasteiger partial charge < -0.3 is 15.4 Å². The Balaban J connectivity index is 2.01. The molecule has 2 aromatic rings. The van der Waals surface area contributed by atoms with Crippen LogP contribution >= 0.6 is 15.9 Å². The Morgan fingerprint density at radius 1 is 1.16 bits per heavy atom. The first-order valence-electron chi connectivity index (χ1n) is 7.88. The molecular formula is C19H21BrN2O3. The van der Waals surface area contributed by atoms with E-state index in [2.05, 4.69) is 26.6 Å². The van der Waals surface area contributed by atoms with Crippen LogP contribution in [0.4, 0.5) is 0 Å². The van der Waals surface area contributed by atoms with Gasteiger partial charge in [-0.3, -0.25) is 9.59 Å². The van der Waals surface area contributed by atoms with E-state index in [1.165, 1.54) is 6.92 Å². The van der Waals surface area contributed by atoms with Gasteiger partial charge in [-0.15, -0.1) is 0 Å². The highest BCUT2D eigenvalue weighted by atomic mass is 79.9. The third-order valence-electron chi connectivity index (χ3n) is 3.78. The molecule has 0 saturated heterocycles. The average Bonchev–Trinajstić information content (AvgIpc) is 2.60. The van der Waals surface area contributed by atoms with E-state index in [0.29, 0.717) is 12.1 Å². The van der Waals surface area contributed by atoms with Crippen molar-refractivity contribution in [3.05, 3.63) is 63.6 Å². The summed E-state index contributed by atoms with van der Waals surface area (Å²) >= 11 is 3.45. The van der Waals surface area contributed by atoms with Gasteiger partial charge in [0.25, 0.3) is 5.91 Å². The lowest BCUT2D eigenvalue weighted by atomic mass is 10.1. The molecular weight excluding hydrogens is 384 g/mol. The summed E-state index contributed by atoms with van der Waals surface area (Å²) in [6.07, 6.45) is 0. The van der Waals surface area contributed by atoms with E-state index in [9.17, 15) is 9.59 Å². The maximum absolute atomic E-state index is 12.4. The van der Waals surface area contributed by atoms with Crippen molar-refractivity contribution in [2.45, 2.75) is 26.4 Å². The summed E-state index contributed by atoms with van der Waals surface area (Å²) in [4.78, 5) is 23.3. The first kappa shape index (κ1) is 19.0. The van der Waals surface area contributed by atoms with Crippen LogP contribution in [0.15, 0.2) is 46.9 Å². The van der Waals surface area contributed by atoms with Crippen LogP contribution in [0.5, 0.6) is 5.75 Å². The van der Waals surface area contributed by atoms with Crippen LogP contribution in [0.3, 0.4) is 0 Å². The van der Waals surface area contributed by atoms with Crippen molar-refractivity contribution >= 4 is 27.7 Å². The number of hydrogen-bond donors (Lipinski definition) is 2. The Bertz CT molecular complexity index is 760. The van der Waals surface area contributed by atoms with Crippen LogP contribution in [0.25, 0.3) is 0 Å². The molecule has 0 radical (unpaired) electrons. The molecule has 5 nitrogen and oxygen atoms in total. The zero-order valence-electron chi connectivity index (χ0n) is 14.4. The number of hydrogen-bond acceptors (Lipinski definition) is 3. The summed E-state index contributed by atoms with van der Waals surface area (Å²) in [6, 6.07) is 12.7. The molecule has 0 bridgehead atoms. The van der Waals surface area contributed by atoms with Crippen molar-refractivity contribution in [1.82, 2.24) is 10.6 Å². The van der Waals surface area contributed by atoms with Crippen LogP contribution in [0, 0.1) is 0 Å². The number of halogens is 1. The second-order valence-corrected chi connectivity index (χ2v) is 6.55. The van der Waals surface area contributed by atoms with Gasteiger partial charge in [0.1, 0.15) is 5.75 Å². The molecule has 0 spiro atoms. The van der Waals surface area contributed by atoms with E-state index < -0.39 is 0 Å². The highest BCUT2D eigenvalue weighted by molar-refractivity contribution is 9.10. The molecule has 2 aromatic carbocycles. The van der Waals surface area contributed by atoms with Crippen molar-refractivity contribution in [3.63, 3.8) is 0 Å². The molecule has 0 saturated carbocycles. The number of benzene rings is 2. The number of carbonyl (C=O) groups excluding carboxylic acids is 2. The number of amides is 2. The SMILES string of the molecule is COc1ccc(C(C)NC(=O)c2ccc(CNC(C)=O)cc2)cc1Br. The van der Waals surface area contributed by atoms with Crippen molar-refractivity contribution < 1.29 is 14.3 Å². The largest absolute Gasteiger partial charge is 0.496 e. The molecule has 0 heterocycles. The van der Waals surface area contributed by atoms with E-state index in [0.717, 1.165) is 21.3 Å². The van der Waals surface area contributed by atoms with E-state index in [4.69, 9.17) is 4.74 Å². The minimum atomic E-state index is -0.148. The average molecular weight is 405 g/mol. The molecule has 0 aromatic heterocycles.